The van der Waals surface area contributed by atoms with E-state index in [1.165, 1.54) is 12.3 Å². The summed E-state index contributed by atoms with van der Waals surface area (Å²) >= 11 is 0. The van der Waals surface area contributed by atoms with Crippen molar-refractivity contribution in [3.05, 3.63) is 39.9 Å². The zero-order valence-electron chi connectivity index (χ0n) is 15.7. The summed E-state index contributed by atoms with van der Waals surface area (Å²) in [5.74, 6) is -2.72. The summed E-state index contributed by atoms with van der Waals surface area (Å²) in [7, 11) is 0. The molecule has 1 saturated carbocycles. The minimum Gasteiger partial charge on any atom is -0.480 e. The van der Waals surface area contributed by atoms with Crippen LogP contribution in [0.25, 0.3) is 10.9 Å². The first-order valence-corrected chi connectivity index (χ1v) is 9.32. The molecule has 2 heterocycles. The van der Waals surface area contributed by atoms with Crippen LogP contribution in [-0.4, -0.2) is 59.4 Å². The minimum absolute atomic E-state index is 0.137. The van der Waals surface area contributed by atoms with Gasteiger partial charge in [-0.2, -0.15) is 0 Å². The van der Waals surface area contributed by atoms with Gasteiger partial charge < -0.3 is 30.7 Å². The third-order valence-corrected chi connectivity index (χ3v) is 4.90. The average molecular weight is 406 g/mol. The molecule has 1 aromatic heterocycles. The maximum absolute atomic E-state index is 14.6. The molecule has 0 radical (unpaired) electrons. The zero-order valence-corrected chi connectivity index (χ0v) is 15.7. The van der Waals surface area contributed by atoms with Crippen molar-refractivity contribution < 1.29 is 24.2 Å². The second-order valence-corrected chi connectivity index (χ2v) is 6.97. The van der Waals surface area contributed by atoms with Gasteiger partial charge in [0.1, 0.15) is 11.4 Å². The Bertz CT molecular complexity index is 996. The Morgan fingerprint density at radius 3 is 2.34 bits per heavy atom. The molecule has 156 valence electrons. The molecule has 0 spiro atoms. The molecular formula is C19H23FN4O5. The first-order valence-electron chi connectivity index (χ1n) is 9.32. The maximum atomic E-state index is 14.6. The number of nitrogens with zero attached hydrogens (tertiary/aromatic N) is 2. The molecule has 0 bridgehead atoms. The van der Waals surface area contributed by atoms with E-state index >= 15 is 0 Å². The number of anilines is 1. The lowest BCUT2D eigenvalue weighted by Crippen LogP contribution is -2.43. The van der Waals surface area contributed by atoms with E-state index in [-0.39, 0.29) is 23.5 Å². The van der Waals surface area contributed by atoms with E-state index in [1.54, 1.807) is 6.07 Å². The van der Waals surface area contributed by atoms with Crippen LogP contribution in [0.1, 0.15) is 29.2 Å². The van der Waals surface area contributed by atoms with E-state index in [0.29, 0.717) is 24.3 Å². The largest absolute Gasteiger partial charge is 0.480 e. The summed E-state index contributed by atoms with van der Waals surface area (Å²) in [4.78, 5) is 35.0. The molecule has 2 fully saturated rings. The fourth-order valence-electron chi connectivity index (χ4n) is 3.31. The second kappa shape index (κ2) is 8.58. The molecule has 0 amide bonds. The zero-order chi connectivity index (χ0) is 21.1. The highest BCUT2D eigenvalue weighted by molar-refractivity contribution is 5.93. The first-order chi connectivity index (χ1) is 13.8. The lowest BCUT2D eigenvalue weighted by molar-refractivity contribution is -0.135. The van der Waals surface area contributed by atoms with Gasteiger partial charge in [-0.05, 0) is 25.0 Å². The Morgan fingerprint density at radius 2 is 1.83 bits per heavy atom. The third kappa shape index (κ3) is 4.54. The van der Waals surface area contributed by atoms with Gasteiger partial charge in [0.15, 0.2) is 0 Å². The van der Waals surface area contributed by atoms with Crippen molar-refractivity contribution in [1.29, 1.82) is 0 Å². The highest BCUT2D eigenvalue weighted by Crippen LogP contribution is 2.38. The van der Waals surface area contributed by atoms with Crippen molar-refractivity contribution >= 4 is 28.5 Å². The van der Waals surface area contributed by atoms with Gasteiger partial charge >= 0.3 is 11.9 Å². The monoisotopic (exact) mass is 406 g/mol. The molecule has 9 nitrogen and oxygen atoms in total. The number of carboxylic acids is 2. The number of carboxylic acid groups (broad SMARTS) is 2. The van der Waals surface area contributed by atoms with Gasteiger partial charge in [0.25, 0.3) is 0 Å². The molecule has 1 saturated heterocycles. The van der Waals surface area contributed by atoms with Crippen LogP contribution in [0, 0.1) is 5.82 Å². The molecule has 29 heavy (non-hydrogen) atoms. The van der Waals surface area contributed by atoms with E-state index in [2.05, 4.69) is 11.1 Å². The number of hydrogen-bond donors (Lipinski definition) is 4. The number of pyridine rings is 1. The van der Waals surface area contributed by atoms with Crippen molar-refractivity contribution in [3.63, 3.8) is 0 Å². The van der Waals surface area contributed by atoms with Gasteiger partial charge in [0.05, 0.1) is 17.7 Å². The predicted octanol–water partition coefficient (Wildman–Crippen LogP) is 0.613. The normalized spacial score (nSPS) is 16.3. The number of aromatic carboxylic acids is 1. The number of nitrogens with two attached hydrogens (primary N) is 1. The molecule has 10 heteroatoms. The lowest BCUT2D eigenvalue weighted by atomic mass is 10.1. The number of halogens is 1. The molecular weight excluding hydrogens is 383 g/mol. The Morgan fingerprint density at radius 1 is 1.21 bits per heavy atom. The smallest absolute Gasteiger partial charge is 0.341 e. The molecule has 1 aromatic carbocycles. The number of piperazine rings is 1. The number of rotatable bonds is 4. The van der Waals surface area contributed by atoms with Crippen LogP contribution >= 0.6 is 0 Å². The number of fused-ring (bicyclic) bond motifs is 1. The fourth-order valence-corrected chi connectivity index (χ4v) is 3.31. The van der Waals surface area contributed by atoms with Crippen molar-refractivity contribution in [2.45, 2.75) is 18.9 Å². The van der Waals surface area contributed by atoms with E-state index in [1.807, 2.05) is 9.47 Å². The highest BCUT2D eigenvalue weighted by atomic mass is 19.1. The van der Waals surface area contributed by atoms with Crippen LogP contribution < -0.4 is 21.4 Å². The Hall–Kier alpha value is -2.98. The van der Waals surface area contributed by atoms with Crippen molar-refractivity contribution in [1.82, 2.24) is 9.88 Å². The molecule has 0 unspecified atom stereocenters. The van der Waals surface area contributed by atoms with Crippen LogP contribution in [-0.2, 0) is 4.79 Å². The number of hydrogen-bond acceptors (Lipinski definition) is 6. The molecule has 1 aliphatic carbocycles. The molecule has 5 N–H and O–H groups in total. The van der Waals surface area contributed by atoms with Gasteiger partial charge in [-0.3, -0.25) is 9.59 Å². The Kier molecular flexibility index (Phi) is 6.14. The summed E-state index contributed by atoms with van der Waals surface area (Å²) in [5, 5.41) is 20.2. The van der Waals surface area contributed by atoms with Gasteiger partial charge in [-0.15, -0.1) is 0 Å². The van der Waals surface area contributed by atoms with Crippen LogP contribution in [0.2, 0.25) is 0 Å². The number of carbonyl (C=O) groups is 2. The number of nitrogens with one attached hydrogen (secondary N) is 1. The third-order valence-electron chi connectivity index (χ3n) is 4.90. The molecule has 2 aromatic rings. The van der Waals surface area contributed by atoms with Gasteiger partial charge in [0, 0.05) is 43.8 Å². The van der Waals surface area contributed by atoms with Gasteiger partial charge in [0.2, 0.25) is 5.43 Å². The van der Waals surface area contributed by atoms with E-state index in [9.17, 15) is 23.9 Å². The van der Waals surface area contributed by atoms with E-state index in [0.717, 1.165) is 25.9 Å². The van der Waals surface area contributed by atoms with E-state index in [4.69, 9.17) is 5.11 Å². The summed E-state index contributed by atoms with van der Waals surface area (Å²) in [6, 6.07) is 3.08. The first kappa shape index (κ1) is 20.7. The number of benzene rings is 1. The van der Waals surface area contributed by atoms with Gasteiger partial charge in [-0.1, -0.05) is 0 Å². The molecule has 1 aliphatic heterocycles. The summed E-state index contributed by atoms with van der Waals surface area (Å²) < 4.78 is 16.4. The Labute approximate surface area is 165 Å². The standard InChI is InChI=1S/C17H18FN3O3.C2H5NO2/c18-13-7-11-14(8-15(13)20-5-3-19-4-6-20)21(10-1-2-10)9-12(16(11)22)17(23)24;3-1-2(4)5/h7-10,19H,1-6H2,(H,23,24);1,3H2,(H,4,5). The molecule has 4 rings (SSSR count). The minimum atomic E-state index is -1.28. The quantitative estimate of drug-likeness (QED) is 0.580. The fraction of sp³-hybridized carbons (Fsp3) is 0.421. The van der Waals surface area contributed by atoms with Crippen LogP contribution in [0.5, 0.6) is 0 Å². The number of aromatic nitrogens is 1. The Balaban J connectivity index is 0.000000431. The van der Waals surface area contributed by atoms with Crippen molar-refractivity contribution in [3.8, 4) is 0 Å². The predicted molar refractivity (Wildman–Crippen MR) is 105 cm³/mol. The summed E-state index contributed by atoms with van der Waals surface area (Å²) in [6.45, 7) is 2.68. The second-order valence-electron chi connectivity index (χ2n) is 6.97. The van der Waals surface area contributed by atoms with Crippen LogP contribution in [0.3, 0.4) is 0 Å². The maximum Gasteiger partial charge on any atom is 0.341 e. The van der Waals surface area contributed by atoms with Crippen LogP contribution in [0.4, 0.5) is 10.1 Å². The molecule has 0 atom stereocenters. The summed E-state index contributed by atoms with van der Waals surface area (Å²) in [5.41, 5.74) is 4.73. The van der Waals surface area contributed by atoms with Gasteiger partial charge in [-0.25, -0.2) is 9.18 Å². The highest BCUT2D eigenvalue weighted by Gasteiger charge is 2.28. The van der Waals surface area contributed by atoms with Crippen molar-refractivity contribution in [2.75, 3.05) is 37.6 Å². The SMILES string of the molecule is NCC(=O)O.O=C(O)c1cn(C2CC2)c2cc(N3CCNCC3)c(F)cc2c1=O. The number of aliphatic carboxylic acids is 1. The topological polar surface area (TPSA) is 138 Å². The lowest BCUT2D eigenvalue weighted by Gasteiger charge is -2.30. The summed E-state index contributed by atoms with van der Waals surface area (Å²) in [6.07, 6.45) is 3.29. The van der Waals surface area contributed by atoms with E-state index < -0.39 is 23.2 Å². The van der Waals surface area contributed by atoms with Crippen molar-refractivity contribution in [2.24, 2.45) is 5.73 Å². The van der Waals surface area contributed by atoms with Crippen LogP contribution in [0.15, 0.2) is 23.1 Å². The average Bonchev–Trinajstić information content (AvgIpc) is 3.54. The molecule has 2 aliphatic rings.